The lowest BCUT2D eigenvalue weighted by Gasteiger charge is -2.34. The lowest BCUT2D eigenvalue weighted by molar-refractivity contribution is 0.0643. The summed E-state index contributed by atoms with van der Waals surface area (Å²) in [5.41, 5.74) is 3.07. The minimum Gasteiger partial charge on any atom is -0.336 e. The normalized spacial score (nSPS) is 14.9. The summed E-state index contributed by atoms with van der Waals surface area (Å²) in [6.45, 7) is 8.50. The molecule has 0 bridgehead atoms. The molecule has 2 aromatic rings. The monoisotopic (exact) mass is 351 g/mol. The van der Waals surface area contributed by atoms with E-state index in [9.17, 15) is 9.59 Å². The van der Waals surface area contributed by atoms with Crippen LogP contribution in [0.5, 0.6) is 0 Å². The van der Waals surface area contributed by atoms with E-state index in [-0.39, 0.29) is 11.8 Å². The van der Waals surface area contributed by atoms with E-state index >= 15 is 0 Å². The second kappa shape index (κ2) is 8.15. The number of carbonyl (C=O) groups excluding carboxylic acids is 2. The Bertz CT molecular complexity index is 761. The number of rotatable bonds is 4. The van der Waals surface area contributed by atoms with E-state index < -0.39 is 0 Å². The minimum atomic E-state index is -0.176. The Hall–Kier alpha value is -2.66. The van der Waals surface area contributed by atoms with Gasteiger partial charge in [0.2, 0.25) is 0 Å². The molecule has 3 rings (SSSR count). The molecule has 0 unspecified atom stereocenters. The Kier molecular flexibility index (Phi) is 5.68. The largest absolute Gasteiger partial charge is 0.336 e. The molecule has 1 saturated heterocycles. The van der Waals surface area contributed by atoms with Gasteiger partial charge in [0.15, 0.2) is 0 Å². The van der Waals surface area contributed by atoms with Crippen LogP contribution in [0.3, 0.4) is 0 Å². The lowest BCUT2D eigenvalue weighted by Crippen LogP contribution is -2.48. The van der Waals surface area contributed by atoms with Gasteiger partial charge in [-0.15, -0.1) is 0 Å². The average molecular weight is 351 g/mol. The molecule has 2 amide bonds. The number of hydrogen-bond acceptors (Lipinski definition) is 3. The van der Waals surface area contributed by atoms with E-state index in [1.54, 1.807) is 24.3 Å². The highest BCUT2D eigenvalue weighted by Gasteiger charge is 2.21. The van der Waals surface area contributed by atoms with Crippen LogP contribution in [0.4, 0.5) is 5.69 Å². The first-order chi connectivity index (χ1) is 12.6. The molecule has 1 N–H and O–H groups in total. The van der Waals surface area contributed by atoms with Crippen molar-refractivity contribution in [2.45, 2.75) is 13.8 Å². The molecule has 136 valence electrons. The molecule has 1 fully saturated rings. The topological polar surface area (TPSA) is 52.7 Å². The fourth-order valence-corrected chi connectivity index (χ4v) is 3.05. The summed E-state index contributed by atoms with van der Waals surface area (Å²) in [6.07, 6.45) is 0. The number of amides is 2. The van der Waals surface area contributed by atoms with Gasteiger partial charge in [-0.05, 0) is 49.9 Å². The first kappa shape index (κ1) is 18.1. The molecule has 5 nitrogen and oxygen atoms in total. The van der Waals surface area contributed by atoms with Crippen LogP contribution in [0.15, 0.2) is 48.5 Å². The van der Waals surface area contributed by atoms with Gasteiger partial charge in [0.1, 0.15) is 0 Å². The van der Waals surface area contributed by atoms with Crippen molar-refractivity contribution in [2.75, 3.05) is 38.0 Å². The molecule has 0 aliphatic carbocycles. The van der Waals surface area contributed by atoms with Crippen molar-refractivity contribution in [1.29, 1.82) is 0 Å². The highest BCUT2D eigenvalue weighted by Crippen LogP contribution is 2.13. The van der Waals surface area contributed by atoms with Crippen LogP contribution in [0.25, 0.3) is 0 Å². The van der Waals surface area contributed by atoms with Crippen molar-refractivity contribution in [3.8, 4) is 0 Å². The molecule has 5 heteroatoms. The standard InChI is InChI=1S/C21H25N3O2/c1-3-23-12-14-24(15-13-23)21(26)18-8-6-17(7-9-18)20(25)22-19-10-4-16(2)5-11-19/h4-11H,3,12-15H2,1-2H3,(H,22,25). The summed E-state index contributed by atoms with van der Waals surface area (Å²) in [5.74, 6) is -0.143. The van der Waals surface area contributed by atoms with Gasteiger partial charge in [0.25, 0.3) is 11.8 Å². The van der Waals surface area contributed by atoms with E-state index in [4.69, 9.17) is 0 Å². The molecular weight excluding hydrogens is 326 g/mol. The predicted molar refractivity (Wildman–Crippen MR) is 104 cm³/mol. The molecule has 2 aromatic carbocycles. The summed E-state index contributed by atoms with van der Waals surface area (Å²) < 4.78 is 0. The Balaban J connectivity index is 1.61. The number of nitrogens with zero attached hydrogens (tertiary/aromatic N) is 2. The van der Waals surface area contributed by atoms with Crippen molar-refractivity contribution in [1.82, 2.24) is 9.80 Å². The molecule has 26 heavy (non-hydrogen) atoms. The summed E-state index contributed by atoms with van der Waals surface area (Å²) in [7, 11) is 0. The van der Waals surface area contributed by atoms with Crippen molar-refractivity contribution < 1.29 is 9.59 Å². The molecule has 0 spiro atoms. The Labute approximate surface area is 154 Å². The summed E-state index contributed by atoms with van der Waals surface area (Å²) in [4.78, 5) is 29.2. The number of hydrogen-bond donors (Lipinski definition) is 1. The zero-order chi connectivity index (χ0) is 18.5. The molecule has 1 heterocycles. The number of aryl methyl sites for hydroxylation is 1. The SMILES string of the molecule is CCN1CCN(C(=O)c2ccc(C(=O)Nc3ccc(C)cc3)cc2)CC1. The van der Waals surface area contributed by atoms with Gasteiger partial charge in [-0.2, -0.15) is 0 Å². The van der Waals surface area contributed by atoms with Gasteiger partial charge < -0.3 is 15.1 Å². The van der Waals surface area contributed by atoms with Crippen molar-refractivity contribution in [3.05, 3.63) is 65.2 Å². The fourth-order valence-electron chi connectivity index (χ4n) is 3.05. The van der Waals surface area contributed by atoms with Gasteiger partial charge in [-0.25, -0.2) is 0 Å². The fraction of sp³-hybridized carbons (Fsp3) is 0.333. The van der Waals surface area contributed by atoms with E-state index in [1.165, 1.54) is 0 Å². The summed E-state index contributed by atoms with van der Waals surface area (Å²) >= 11 is 0. The molecule has 0 saturated carbocycles. The molecule has 0 atom stereocenters. The third-order valence-electron chi connectivity index (χ3n) is 4.81. The van der Waals surface area contributed by atoms with Gasteiger partial charge in [0.05, 0.1) is 0 Å². The predicted octanol–water partition coefficient (Wildman–Crippen LogP) is 3.03. The Morgan fingerprint density at radius 3 is 2.04 bits per heavy atom. The van der Waals surface area contributed by atoms with E-state index in [1.807, 2.05) is 36.1 Å². The maximum atomic E-state index is 12.6. The smallest absolute Gasteiger partial charge is 0.255 e. The first-order valence-corrected chi connectivity index (χ1v) is 9.06. The molecule has 1 aliphatic rings. The second-order valence-electron chi connectivity index (χ2n) is 6.62. The number of anilines is 1. The third kappa shape index (κ3) is 4.29. The van der Waals surface area contributed by atoms with Crippen LogP contribution in [0, 0.1) is 6.92 Å². The maximum absolute atomic E-state index is 12.6. The highest BCUT2D eigenvalue weighted by molar-refractivity contribution is 6.05. The summed E-state index contributed by atoms with van der Waals surface area (Å²) in [5, 5.41) is 2.87. The number of benzene rings is 2. The number of carbonyl (C=O) groups is 2. The van der Waals surface area contributed by atoms with Gasteiger partial charge in [0, 0.05) is 43.0 Å². The molecule has 1 aliphatic heterocycles. The number of nitrogens with one attached hydrogen (secondary N) is 1. The quantitative estimate of drug-likeness (QED) is 0.921. The van der Waals surface area contributed by atoms with Gasteiger partial charge >= 0.3 is 0 Å². The molecule has 0 aromatic heterocycles. The first-order valence-electron chi connectivity index (χ1n) is 9.06. The zero-order valence-electron chi connectivity index (χ0n) is 15.4. The van der Waals surface area contributed by atoms with E-state index in [2.05, 4.69) is 17.1 Å². The summed E-state index contributed by atoms with van der Waals surface area (Å²) in [6, 6.07) is 14.5. The van der Waals surface area contributed by atoms with Gasteiger partial charge in [-0.1, -0.05) is 24.6 Å². The van der Waals surface area contributed by atoms with Gasteiger partial charge in [-0.3, -0.25) is 9.59 Å². The molecule has 0 radical (unpaired) electrons. The van der Waals surface area contributed by atoms with E-state index in [0.29, 0.717) is 11.1 Å². The maximum Gasteiger partial charge on any atom is 0.255 e. The van der Waals surface area contributed by atoms with Crippen LogP contribution in [0.1, 0.15) is 33.2 Å². The average Bonchev–Trinajstić information content (AvgIpc) is 2.69. The zero-order valence-corrected chi connectivity index (χ0v) is 15.4. The number of piperazine rings is 1. The van der Waals surface area contributed by atoms with Crippen LogP contribution in [-0.2, 0) is 0 Å². The number of likely N-dealkylation sites (N-methyl/N-ethyl adjacent to an activating group) is 1. The van der Waals surface area contributed by atoms with E-state index in [0.717, 1.165) is 44.0 Å². The van der Waals surface area contributed by atoms with Crippen LogP contribution >= 0.6 is 0 Å². The van der Waals surface area contributed by atoms with Crippen LogP contribution < -0.4 is 5.32 Å². The van der Waals surface area contributed by atoms with Crippen molar-refractivity contribution in [2.24, 2.45) is 0 Å². The highest BCUT2D eigenvalue weighted by atomic mass is 16.2. The third-order valence-corrected chi connectivity index (χ3v) is 4.81. The van der Waals surface area contributed by atoms with Crippen molar-refractivity contribution in [3.63, 3.8) is 0 Å². The lowest BCUT2D eigenvalue weighted by atomic mass is 10.1. The van der Waals surface area contributed by atoms with Crippen molar-refractivity contribution >= 4 is 17.5 Å². The Morgan fingerprint density at radius 1 is 0.885 bits per heavy atom. The minimum absolute atomic E-state index is 0.0336. The molecular formula is C21H25N3O2. The second-order valence-corrected chi connectivity index (χ2v) is 6.62. The van der Waals surface area contributed by atoms with Crippen LogP contribution in [0.2, 0.25) is 0 Å². The Morgan fingerprint density at radius 2 is 1.46 bits per heavy atom. The van der Waals surface area contributed by atoms with Crippen LogP contribution in [-0.4, -0.2) is 54.3 Å².